The Labute approximate surface area is 160 Å². The highest BCUT2D eigenvalue weighted by atomic mass is 16.4. The van der Waals surface area contributed by atoms with E-state index in [1.54, 1.807) is 0 Å². The predicted molar refractivity (Wildman–Crippen MR) is 108 cm³/mol. The molecule has 3 rings (SSSR count). The number of carbonyl (C=O) groups excluding carboxylic acids is 1. The van der Waals surface area contributed by atoms with Crippen LogP contribution in [0.5, 0.6) is 0 Å². The van der Waals surface area contributed by atoms with Gasteiger partial charge in [-0.05, 0) is 37.6 Å². The monoisotopic (exact) mass is 363 g/mol. The highest BCUT2D eigenvalue weighted by molar-refractivity contribution is 5.78. The summed E-state index contributed by atoms with van der Waals surface area (Å²) >= 11 is 0. The minimum Gasteiger partial charge on any atom is -0.441 e. The molecular weight excluding hydrogens is 338 g/mol. The van der Waals surface area contributed by atoms with Gasteiger partial charge in [-0.3, -0.25) is 4.79 Å². The highest BCUT2D eigenvalue weighted by Crippen LogP contribution is 2.21. The fraction of sp³-hybridized carbons (Fsp3) is 0.273. The largest absolute Gasteiger partial charge is 0.441 e. The molecule has 1 N–H and O–H groups in total. The van der Waals surface area contributed by atoms with Gasteiger partial charge in [0.15, 0.2) is 0 Å². The zero-order valence-corrected chi connectivity index (χ0v) is 15.8. The average Bonchev–Trinajstić information content (AvgIpc) is 3.07. The molecule has 5 nitrogen and oxygen atoms in total. The summed E-state index contributed by atoms with van der Waals surface area (Å²) < 4.78 is 5.71. The summed E-state index contributed by atoms with van der Waals surface area (Å²) in [6.07, 6.45) is 1.11. The smallest absolute Gasteiger partial charge is 0.226 e. The topological polar surface area (TPSA) is 58.4 Å². The molecule has 140 valence electrons. The van der Waals surface area contributed by atoms with Gasteiger partial charge in [0.1, 0.15) is 5.76 Å². The summed E-state index contributed by atoms with van der Waals surface area (Å²) in [5.41, 5.74) is 2.78. The lowest BCUT2D eigenvalue weighted by Gasteiger charge is -2.19. The van der Waals surface area contributed by atoms with E-state index >= 15 is 0 Å². The quantitative estimate of drug-likeness (QED) is 0.618. The first kappa shape index (κ1) is 18.7. The van der Waals surface area contributed by atoms with Crippen LogP contribution in [0.2, 0.25) is 0 Å². The van der Waals surface area contributed by atoms with E-state index in [1.807, 2.05) is 55.5 Å². The van der Waals surface area contributed by atoms with Crippen molar-refractivity contribution in [2.45, 2.75) is 19.8 Å². The van der Waals surface area contributed by atoms with Crippen LogP contribution in [0, 0.1) is 6.92 Å². The Balaban J connectivity index is 1.45. The first-order valence-electron chi connectivity index (χ1n) is 9.18. The molecule has 0 bridgehead atoms. The summed E-state index contributed by atoms with van der Waals surface area (Å²) in [4.78, 5) is 18.9. The van der Waals surface area contributed by atoms with Crippen molar-refractivity contribution in [2.75, 3.05) is 25.0 Å². The Morgan fingerprint density at radius 1 is 1.07 bits per heavy atom. The van der Waals surface area contributed by atoms with Gasteiger partial charge < -0.3 is 14.6 Å². The molecule has 27 heavy (non-hydrogen) atoms. The van der Waals surface area contributed by atoms with Gasteiger partial charge in [0.2, 0.25) is 11.8 Å². The van der Waals surface area contributed by atoms with E-state index in [4.69, 9.17) is 4.42 Å². The van der Waals surface area contributed by atoms with E-state index < -0.39 is 0 Å². The third kappa shape index (κ3) is 5.20. The third-order valence-electron chi connectivity index (χ3n) is 4.43. The van der Waals surface area contributed by atoms with Crippen molar-refractivity contribution >= 4 is 11.6 Å². The molecule has 0 aliphatic rings. The lowest BCUT2D eigenvalue weighted by atomic mass is 10.2. The van der Waals surface area contributed by atoms with Crippen LogP contribution < -0.4 is 10.2 Å². The number of nitrogens with one attached hydrogen (secondary N) is 1. The Kier molecular flexibility index (Phi) is 6.26. The molecule has 0 aliphatic carbocycles. The third-order valence-corrected chi connectivity index (χ3v) is 4.43. The number of rotatable bonds is 8. The molecule has 5 heteroatoms. The average molecular weight is 363 g/mol. The molecule has 1 aromatic heterocycles. The van der Waals surface area contributed by atoms with Gasteiger partial charge in [0.05, 0.1) is 12.1 Å². The fourth-order valence-electron chi connectivity index (χ4n) is 2.87. The molecule has 0 fully saturated rings. The maximum absolute atomic E-state index is 12.2. The number of anilines is 1. The molecule has 1 heterocycles. The fourth-order valence-corrected chi connectivity index (χ4v) is 2.87. The Hall–Kier alpha value is -3.08. The summed E-state index contributed by atoms with van der Waals surface area (Å²) in [5, 5.41) is 2.97. The second-order valence-electron chi connectivity index (χ2n) is 6.53. The van der Waals surface area contributed by atoms with E-state index in [0.29, 0.717) is 23.9 Å². The first-order valence-corrected chi connectivity index (χ1v) is 9.18. The lowest BCUT2D eigenvalue weighted by Crippen LogP contribution is -2.29. The number of carbonyl (C=O) groups is 1. The van der Waals surface area contributed by atoms with Crippen molar-refractivity contribution < 1.29 is 9.21 Å². The molecule has 2 aromatic carbocycles. The van der Waals surface area contributed by atoms with E-state index in [1.165, 1.54) is 5.69 Å². The van der Waals surface area contributed by atoms with Crippen LogP contribution in [0.25, 0.3) is 11.5 Å². The number of para-hydroxylation sites is 1. The van der Waals surface area contributed by atoms with Gasteiger partial charge in [-0.15, -0.1) is 0 Å². The van der Waals surface area contributed by atoms with Crippen LogP contribution in [0.1, 0.15) is 17.9 Å². The highest BCUT2D eigenvalue weighted by Gasteiger charge is 2.14. The molecular formula is C22H25N3O2. The summed E-state index contributed by atoms with van der Waals surface area (Å²) in [6.45, 7) is 3.36. The second kappa shape index (κ2) is 9.03. The van der Waals surface area contributed by atoms with Gasteiger partial charge in [0.25, 0.3) is 0 Å². The van der Waals surface area contributed by atoms with Gasteiger partial charge in [0, 0.05) is 31.4 Å². The Morgan fingerprint density at radius 2 is 1.74 bits per heavy atom. The van der Waals surface area contributed by atoms with Crippen molar-refractivity contribution in [1.82, 2.24) is 10.3 Å². The standard InChI is InChI=1S/C22H25N3O2/c1-17-20(24-22(27-17)18-10-5-3-6-11-18)16-21(26)23-14-9-15-25(2)19-12-7-4-8-13-19/h3-8,10-13H,9,14-16H2,1-2H3,(H,23,26). The molecule has 0 aliphatic heterocycles. The van der Waals surface area contributed by atoms with Gasteiger partial charge >= 0.3 is 0 Å². The summed E-state index contributed by atoms with van der Waals surface area (Å²) in [5.74, 6) is 1.21. The van der Waals surface area contributed by atoms with Gasteiger partial charge in [-0.1, -0.05) is 36.4 Å². The molecule has 0 saturated heterocycles. The van der Waals surface area contributed by atoms with Crippen molar-refractivity contribution in [2.24, 2.45) is 0 Å². The van der Waals surface area contributed by atoms with Gasteiger partial charge in [-0.2, -0.15) is 0 Å². The number of aromatic nitrogens is 1. The second-order valence-corrected chi connectivity index (χ2v) is 6.53. The molecule has 0 radical (unpaired) electrons. The SMILES string of the molecule is Cc1oc(-c2ccccc2)nc1CC(=O)NCCCN(C)c1ccccc1. The number of benzene rings is 2. The van der Waals surface area contributed by atoms with E-state index in [0.717, 1.165) is 18.5 Å². The van der Waals surface area contributed by atoms with Crippen molar-refractivity contribution in [3.63, 3.8) is 0 Å². The molecule has 0 atom stereocenters. The van der Waals surface area contributed by atoms with E-state index in [2.05, 4.69) is 34.4 Å². The van der Waals surface area contributed by atoms with Crippen LogP contribution in [0.4, 0.5) is 5.69 Å². The molecule has 0 unspecified atom stereocenters. The lowest BCUT2D eigenvalue weighted by molar-refractivity contribution is -0.120. The van der Waals surface area contributed by atoms with Crippen molar-refractivity contribution in [1.29, 1.82) is 0 Å². The van der Waals surface area contributed by atoms with Crippen LogP contribution >= 0.6 is 0 Å². The Bertz CT molecular complexity index is 860. The zero-order valence-electron chi connectivity index (χ0n) is 15.8. The first-order chi connectivity index (χ1) is 13.1. The number of oxazole rings is 1. The number of hydrogen-bond donors (Lipinski definition) is 1. The van der Waals surface area contributed by atoms with Crippen LogP contribution in [0.15, 0.2) is 65.1 Å². The minimum absolute atomic E-state index is 0.0339. The number of amides is 1. The summed E-state index contributed by atoms with van der Waals surface area (Å²) in [7, 11) is 2.06. The van der Waals surface area contributed by atoms with Crippen LogP contribution in [-0.2, 0) is 11.2 Å². The van der Waals surface area contributed by atoms with Gasteiger partial charge in [-0.25, -0.2) is 4.98 Å². The number of aryl methyl sites for hydroxylation is 1. The number of nitrogens with zero attached hydrogens (tertiary/aromatic N) is 2. The number of hydrogen-bond acceptors (Lipinski definition) is 4. The predicted octanol–water partition coefficient (Wildman–Crippen LogP) is 3.84. The van der Waals surface area contributed by atoms with Crippen LogP contribution in [-0.4, -0.2) is 31.0 Å². The Morgan fingerprint density at radius 3 is 2.44 bits per heavy atom. The summed E-state index contributed by atoms with van der Waals surface area (Å²) in [6, 6.07) is 19.9. The zero-order chi connectivity index (χ0) is 19.1. The molecule has 0 spiro atoms. The normalized spacial score (nSPS) is 10.6. The molecule has 1 amide bonds. The van der Waals surface area contributed by atoms with Crippen LogP contribution in [0.3, 0.4) is 0 Å². The minimum atomic E-state index is -0.0339. The maximum Gasteiger partial charge on any atom is 0.226 e. The van der Waals surface area contributed by atoms with E-state index in [-0.39, 0.29) is 12.3 Å². The maximum atomic E-state index is 12.2. The van der Waals surface area contributed by atoms with Crippen molar-refractivity contribution in [3.05, 3.63) is 72.1 Å². The molecule has 0 saturated carbocycles. The van der Waals surface area contributed by atoms with E-state index in [9.17, 15) is 4.79 Å². The molecule has 3 aromatic rings. The van der Waals surface area contributed by atoms with Crippen molar-refractivity contribution in [3.8, 4) is 11.5 Å².